The first-order valence-corrected chi connectivity index (χ1v) is 9.66. The molecule has 0 aromatic heterocycles. The highest BCUT2D eigenvalue weighted by Gasteiger charge is 2.09. The van der Waals surface area contributed by atoms with Crippen LogP contribution in [0.15, 0.2) is 42.5 Å². The molecule has 1 amide bonds. The van der Waals surface area contributed by atoms with E-state index in [1.165, 1.54) is 22.3 Å². The summed E-state index contributed by atoms with van der Waals surface area (Å²) in [7, 11) is 0. The zero-order chi connectivity index (χ0) is 17.5. The Labute approximate surface area is 150 Å². The maximum Gasteiger partial charge on any atom is 0.230 e. The normalized spacial score (nSPS) is 12.0. The van der Waals surface area contributed by atoms with Crippen molar-refractivity contribution in [1.82, 2.24) is 5.32 Å². The molecule has 0 aliphatic rings. The topological polar surface area (TPSA) is 29.1 Å². The lowest BCUT2D eigenvalue weighted by Crippen LogP contribution is -2.28. The van der Waals surface area contributed by atoms with Gasteiger partial charge in [-0.25, -0.2) is 0 Å². The van der Waals surface area contributed by atoms with Gasteiger partial charge in [0.05, 0.1) is 11.8 Å². The van der Waals surface area contributed by atoms with Gasteiger partial charge in [0.1, 0.15) is 0 Å². The minimum Gasteiger partial charge on any atom is -0.349 e. The number of amides is 1. The summed E-state index contributed by atoms with van der Waals surface area (Å²) >= 11 is 1.66. The first-order valence-electron chi connectivity index (χ1n) is 8.51. The average molecular weight is 342 g/mol. The smallest absolute Gasteiger partial charge is 0.230 e. The van der Waals surface area contributed by atoms with Crippen molar-refractivity contribution in [3.05, 3.63) is 70.3 Å². The first-order chi connectivity index (χ1) is 11.5. The van der Waals surface area contributed by atoms with E-state index in [9.17, 15) is 4.79 Å². The number of carbonyl (C=O) groups excluding carboxylic acids is 1. The highest BCUT2D eigenvalue weighted by Crippen LogP contribution is 2.17. The number of nitrogens with one attached hydrogen (secondary N) is 1. The molecular weight excluding hydrogens is 314 g/mol. The van der Waals surface area contributed by atoms with E-state index in [-0.39, 0.29) is 11.9 Å². The van der Waals surface area contributed by atoms with Crippen LogP contribution in [0.5, 0.6) is 0 Å². The van der Waals surface area contributed by atoms with E-state index in [1.807, 2.05) is 6.92 Å². The van der Waals surface area contributed by atoms with Crippen LogP contribution in [0.3, 0.4) is 0 Å². The Balaban J connectivity index is 1.79. The Hall–Kier alpha value is -1.74. The lowest BCUT2D eigenvalue weighted by atomic mass is 10.1. The van der Waals surface area contributed by atoms with E-state index >= 15 is 0 Å². The van der Waals surface area contributed by atoms with Crippen LogP contribution in [0.4, 0.5) is 0 Å². The van der Waals surface area contributed by atoms with Gasteiger partial charge < -0.3 is 5.32 Å². The van der Waals surface area contributed by atoms with Crippen LogP contribution in [-0.2, 0) is 17.0 Å². The maximum absolute atomic E-state index is 12.1. The van der Waals surface area contributed by atoms with E-state index in [1.54, 1.807) is 11.8 Å². The Morgan fingerprint density at radius 2 is 1.67 bits per heavy atom. The number of carbonyl (C=O) groups is 1. The number of benzene rings is 2. The van der Waals surface area contributed by atoms with Crippen LogP contribution in [0.25, 0.3) is 0 Å². The summed E-state index contributed by atoms with van der Waals surface area (Å²) in [5.74, 6) is 1.45. The fraction of sp³-hybridized carbons (Fsp3) is 0.381. The minimum absolute atomic E-state index is 0.0465. The van der Waals surface area contributed by atoms with Crippen molar-refractivity contribution in [3.63, 3.8) is 0 Å². The lowest BCUT2D eigenvalue weighted by Gasteiger charge is -2.15. The van der Waals surface area contributed by atoms with Gasteiger partial charge in [-0.15, -0.1) is 11.8 Å². The fourth-order valence-electron chi connectivity index (χ4n) is 2.82. The van der Waals surface area contributed by atoms with E-state index < -0.39 is 0 Å². The number of hydrogen-bond acceptors (Lipinski definition) is 2. The molecule has 0 spiro atoms. The predicted octanol–water partition coefficient (Wildman–Crippen LogP) is 4.98. The summed E-state index contributed by atoms with van der Waals surface area (Å²) in [4.78, 5) is 12.1. The third kappa shape index (κ3) is 5.72. The van der Waals surface area contributed by atoms with Crippen LogP contribution >= 0.6 is 11.8 Å². The van der Waals surface area contributed by atoms with Crippen molar-refractivity contribution in [2.75, 3.05) is 5.75 Å². The molecule has 2 aromatic rings. The summed E-state index contributed by atoms with van der Waals surface area (Å²) in [6.45, 7) is 8.40. The van der Waals surface area contributed by atoms with Gasteiger partial charge in [0.25, 0.3) is 0 Å². The van der Waals surface area contributed by atoms with Gasteiger partial charge >= 0.3 is 0 Å². The molecule has 3 heteroatoms. The standard InChI is InChI=1S/C21H27NOS/c1-5-18-6-8-20(9-7-18)17(4)22-21(23)14-24-13-19-11-15(2)10-16(3)12-19/h6-12,17H,5,13-14H2,1-4H3,(H,22,23). The van der Waals surface area contributed by atoms with Crippen LogP contribution < -0.4 is 5.32 Å². The van der Waals surface area contributed by atoms with Crippen LogP contribution in [0.1, 0.15) is 47.7 Å². The van der Waals surface area contributed by atoms with Crippen molar-refractivity contribution in [2.45, 2.75) is 45.9 Å². The molecule has 2 aromatic carbocycles. The molecule has 2 rings (SSSR count). The number of aryl methyl sites for hydroxylation is 3. The number of thioether (sulfide) groups is 1. The highest BCUT2D eigenvalue weighted by molar-refractivity contribution is 7.99. The monoisotopic (exact) mass is 341 g/mol. The van der Waals surface area contributed by atoms with Gasteiger partial charge in [-0.05, 0) is 43.9 Å². The molecule has 0 saturated carbocycles. The molecule has 1 N–H and O–H groups in total. The van der Waals surface area contributed by atoms with E-state index in [0.717, 1.165) is 17.7 Å². The van der Waals surface area contributed by atoms with Crippen molar-refractivity contribution >= 4 is 17.7 Å². The molecule has 1 unspecified atom stereocenters. The molecule has 0 heterocycles. The molecule has 2 nitrogen and oxygen atoms in total. The van der Waals surface area contributed by atoms with Crippen LogP contribution in [0, 0.1) is 13.8 Å². The number of hydrogen-bond donors (Lipinski definition) is 1. The summed E-state index contributed by atoms with van der Waals surface area (Å²) in [6.07, 6.45) is 1.04. The molecule has 0 aliphatic carbocycles. The molecule has 24 heavy (non-hydrogen) atoms. The van der Waals surface area contributed by atoms with Crippen molar-refractivity contribution < 1.29 is 4.79 Å². The van der Waals surface area contributed by atoms with Crippen molar-refractivity contribution in [3.8, 4) is 0 Å². The Morgan fingerprint density at radius 3 is 2.25 bits per heavy atom. The summed E-state index contributed by atoms with van der Waals surface area (Å²) in [6, 6.07) is 15.1. The van der Waals surface area contributed by atoms with Gasteiger partial charge in [0.15, 0.2) is 0 Å². The van der Waals surface area contributed by atoms with Gasteiger partial charge in [0, 0.05) is 5.75 Å². The lowest BCUT2D eigenvalue weighted by molar-refractivity contribution is -0.119. The van der Waals surface area contributed by atoms with E-state index in [4.69, 9.17) is 0 Å². The first kappa shape index (κ1) is 18.6. The van der Waals surface area contributed by atoms with Gasteiger partial charge in [-0.3, -0.25) is 4.79 Å². The third-order valence-corrected chi connectivity index (χ3v) is 5.05. The van der Waals surface area contributed by atoms with Crippen LogP contribution in [0.2, 0.25) is 0 Å². The zero-order valence-corrected chi connectivity index (χ0v) is 15.9. The molecule has 128 valence electrons. The second kappa shape index (κ2) is 8.93. The average Bonchev–Trinajstić information content (AvgIpc) is 2.54. The summed E-state index contributed by atoms with van der Waals surface area (Å²) < 4.78 is 0. The molecule has 0 saturated heterocycles. The molecule has 0 radical (unpaired) electrons. The van der Waals surface area contributed by atoms with Gasteiger partial charge in [-0.2, -0.15) is 0 Å². The largest absolute Gasteiger partial charge is 0.349 e. The second-order valence-electron chi connectivity index (χ2n) is 6.37. The zero-order valence-electron chi connectivity index (χ0n) is 15.1. The van der Waals surface area contributed by atoms with Crippen molar-refractivity contribution in [1.29, 1.82) is 0 Å². The van der Waals surface area contributed by atoms with E-state index in [0.29, 0.717) is 5.75 Å². The molecule has 0 aliphatic heterocycles. The fourth-order valence-corrected chi connectivity index (χ4v) is 3.60. The molecule has 1 atom stereocenters. The summed E-state index contributed by atoms with van der Waals surface area (Å²) in [5.41, 5.74) is 6.31. The number of rotatable bonds is 7. The third-order valence-electron chi connectivity index (χ3n) is 4.05. The van der Waals surface area contributed by atoms with Crippen LogP contribution in [-0.4, -0.2) is 11.7 Å². The quantitative estimate of drug-likeness (QED) is 0.770. The SMILES string of the molecule is CCc1ccc(C(C)NC(=O)CSCc2cc(C)cc(C)c2)cc1. The van der Waals surface area contributed by atoms with E-state index in [2.05, 4.69) is 68.6 Å². The van der Waals surface area contributed by atoms with Crippen molar-refractivity contribution in [2.24, 2.45) is 0 Å². The highest BCUT2D eigenvalue weighted by atomic mass is 32.2. The second-order valence-corrected chi connectivity index (χ2v) is 7.36. The molecule has 0 bridgehead atoms. The Kier molecular flexibility index (Phi) is 6.92. The summed E-state index contributed by atoms with van der Waals surface area (Å²) in [5, 5.41) is 3.08. The Morgan fingerprint density at radius 1 is 1.04 bits per heavy atom. The minimum atomic E-state index is 0.0465. The predicted molar refractivity (Wildman–Crippen MR) is 104 cm³/mol. The van der Waals surface area contributed by atoms with Gasteiger partial charge in [0.2, 0.25) is 5.91 Å². The van der Waals surface area contributed by atoms with Gasteiger partial charge in [-0.1, -0.05) is 60.5 Å². The molecule has 0 fully saturated rings. The molecular formula is C21H27NOS. The maximum atomic E-state index is 12.1. The Bertz CT molecular complexity index is 658.